The Kier molecular flexibility index (Phi) is 5.97. The van der Waals surface area contributed by atoms with Gasteiger partial charge in [-0.2, -0.15) is 0 Å². The van der Waals surface area contributed by atoms with E-state index in [9.17, 15) is 9.18 Å². The van der Waals surface area contributed by atoms with Crippen LogP contribution in [0.25, 0.3) is 0 Å². The lowest BCUT2D eigenvalue weighted by atomic mass is 10.2. The van der Waals surface area contributed by atoms with Gasteiger partial charge in [0.25, 0.3) is 5.56 Å². The minimum atomic E-state index is -1.64. The van der Waals surface area contributed by atoms with Crippen LogP contribution in [-0.4, -0.2) is 44.7 Å². The molecule has 0 radical (unpaired) electrons. The fourth-order valence-electron chi connectivity index (χ4n) is 1.70. The summed E-state index contributed by atoms with van der Waals surface area (Å²) in [7, 11) is 4.30. The summed E-state index contributed by atoms with van der Waals surface area (Å²) >= 11 is 0. The summed E-state index contributed by atoms with van der Waals surface area (Å²) in [5.41, 5.74) is -0.431. The highest BCUT2D eigenvalue weighted by molar-refractivity contribution is 4.95. The van der Waals surface area contributed by atoms with Gasteiger partial charge in [-0.3, -0.25) is 9.36 Å². The SMILES string of the molecule is COC[C@@H](OC)[C@@H](OC)[C@@H](F)n1ccccc1=O. The lowest BCUT2D eigenvalue weighted by Gasteiger charge is -2.27. The minimum absolute atomic E-state index is 0.178. The van der Waals surface area contributed by atoms with Gasteiger partial charge >= 0.3 is 0 Å². The molecule has 0 aliphatic carbocycles. The van der Waals surface area contributed by atoms with E-state index in [0.717, 1.165) is 4.57 Å². The molecule has 0 aliphatic rings. The van der Waals surface area contributed by atoms with Gasteiger partial charge in [0, 0.05) is 33.6 Å². The molecule has 0 bridgehead atoms. The second kappa shape index (κ2) is 7.25. The summed E-state index contributed by atoms with van der Waals surface area (Å²) in [6.07, 6.45) is -1.78. The van der Waals surface area contributed by atoms with Crippen LogP contribution in [0.2, 0.25) is 0 Å². The molecule has 18 heavy (non-hydrogen) atoms. The molecule has 1 rings (SSSR count). The molecule has 0 amide bonds. The van der Waals surface area contributed by atoms with Gasteiger partial charge in [-0.1, -0.05) is 6.07 Å². The number of hydrogen-bond acceptors (Lipinski definition) is 4. The molecule has 0 aromatic carbocycles. The van der Waals surface area contributed by atoms with Gasteiger partial charge in [0.05, 0.1) is 6.61 Å². The van der Waals surface area contributed by atoms with Gasteiger partial charge in [-0.05, 0) is 6.07 Å². The number of ether oxygens (including phenoxy) is 3. The second-order valence-electron chi connectivity index (χ2n) is 3.75. The van der Waals surface area contributed by atoms with E-state index in [4.69, 9.17) is 14.2 Å². The van der Waals surface area contributed by atoms with E-state index in [1.165, 1.54) is 33.6 Å². The van der Waals surface area contributed by atoms with Crippen molar-refractivity contribution in [1.82, 2.24) is 4.57 Å². The third kappa shape index (κ3) is 3.38. The number of hydrogen-bond donors (Lipinski definition) is 0. The average molecular weight is 259 g/mol. The summed E-state index contributed by atoms with van der Waals surface area (Å²) in [6.45, 7) is 0.178. The Morgan fingerprint density at radius 3 is 2.50 bits per heavy atom. The molecular formula is C12H18FNO4. The third-order valence-electron chi connectivity index (χ3n) is 2.66. The fourth-order valence-corrected chi connectivity index (χ4v) is 1.70. The second-order valence-corrected chi connectivity index (χ2v) is 3.75. The van der Waals surface area contributed by atoms with Crippen LogP contribution in [0.15, 0.2) is 29.2 Å². The quantitative estimate of drug-likeness (QED) is 0.733. The standard InChI is InChI=1S/C12H18FNO4/c1-16-8-9(17-2)11(18-3)12(13)14-7-5-4-6-10(14)15/h4-7,9,11-12H,8H2,1-3H3/t9-,11-,12+/m1/s1. The first-order chi connectivity index (χ1) is 8.65. The molecule has 0 N–H and O–H groups in total. The van der Waals surface area contributed by atoms with Crippen LogP contribution in [0.3, 0.4) is 0 Å². The highest BCUT2D eigenvalue weighted by Gasteiger charge is 2.31. The maximum absolute atomic E-state index is 14.3. The molecule has 0 saturated carbocycles. The van der Waals surface area contributed by atoms with E-state index >= 15 is 0 Å². The number of aromatic nitrogens is 1. The smallest absolute Gasteiger partial charge is 0.252 e. The molecule has 3 atom stereocenters. The summed E-state index contributed by atoms with van der Waals surface area (Å²) in [4.78, 5) is 11.5. The lowest BCUT2D eigenvalue weighted by Crippen LogP contribution is -2.41. The van der Waals surface area contributed by atoms with Crippen molar-refractivity contribution in [2.75, 3.05) is 27.9 Å². The zero-order valence-electron chi connectivity index (χ0n) is 10.7. The zero-order valence-corrected chi connectivity index (χ0v) is 10.7. The maximum Gasteiger partial charge on any atom is 0.252 e. The Hall–Kier alpha value is -1.24. The molecule has 1 aromatic rings. The van der Waals surface area contributed by atoms with Crippen LogP contribution in [-0.2, 0) is 14.2 Å². The summed E-state index contributed by atoms with van der Waals surface area (Å²) in [5.74, 6) is 0. The van der Waals surface area contributed by atoms with E-state index < -0.39 is 24.1 Å². The number of alkyl halides is 1. The molecule has 0 spiro atoms. The van der Waals surface area contributed by atoms with Crippen molar-refractivity contribution >= 4 is 0 Å². The fraction of sp³-hybridized carbons (Fsp3) is 0.583. The van der Waals surface area contributed by atoms with Crippen molar-refractivity contribution in [3.05, 3.63) is 34.7 Å². The van der Waals surface area contributed by atoms with Crippen LogP contribution in [0.4, 0.5) is 4.39 Å². The van der Waals surface area contributed by atoms with E-state index in [0.29, 0.717) is 0 Å². The zero-order chi connectivity index (χ0) is 13.5. The third-order valence-corrected chi connectivity index (χ3v) is 2.66. The van der Waals surface area contributed by atoms with Crippen LogP contribution >= 0.6 is 0 Å². The normalized spacial score (nSPS) is 16.2. The van der Waals surface area contributed by atoms with Gasteiger partial charge in [0.2, 0.25) is 6.30 Å². The molecule has 0 aliphatic heterocycles. The van der Waals surface area contributed by atoms with Gasteiger partial charge in [-0.25, -0.2) is 4.39 Å². The van der Waals surface area contributed by atoms with Crippen molar-refractivity contribution < 1.29 is 18.6 Å². The van der Waals surface area contributed by atoms with Gasteiger partial charge in [0.1, 0.15) is 12.2 Å². The first-order valence-electron chi connectivity index (χ1n) is 5.51. The van der Waals surface area contributed by atoms with Crippen LogP contribution in [0.1, 0.15) is 6.30 Å². The van der Waals surface area contributed by atoms with Crippen molar-refractivity contribution in [1.29, 1.82) is 0 Å². The minimum Gasteiger partial charge on any atom is -0.382 e. The first kappa shape index (κ1) is 14.8. The Morgan fingerprint density at radius 2 is 2.00 bits per heavy atom. The van der Waals surface area contributed by atoms with E-state index in [1.807, 2.05) is 0 Å². The Morgan fingerprint density at radius 1 is 1.28 bits per heavy atom. The number of pyridine rings is 1. The highest BCUT2D eigenvalue weighted by Crippen LogP contribution is 2.19. The average Bonchev–Trinajstić information content (AvgIpc) is 2.38. The predicted molar refractivity (Wildman–Crippen MR) is 64.3 cm³/mol. The topological polar surface area (TPSA) is 49.7 Å². The van der Waals surface area contributed by atoms with Gasteiger partial charge in [-0.15, -0.1) is 0 Å². The number of rotatable bonds is 7. The molecule has 6 heteroatoms. The number of nitrogens with zero attached hydrogens (tertiary/aromatic N) is 1. The van der Waals surface area contributed by atoms with E-state index in [-0.39, 0.29) is 6.61 Å². The molecule has 0 unspecified atom stereocenters. The number of methoxy groups -OCH3 is 3. The molecule has 1 heterocycles. The summed E-state index contributed by atoms with van der Waals surface area (Å²) in [5, 5.41) is 0. The van der Waals surface area contributed by atoms with Crippen LogP contribution in [0.5, 0.6) is 0 Å². The molecule has 102 valence electrons. The van der Waals surface area contributed by atoms with Crippen LogP contribution < -0.4 is 5.56 Å². The Labute approximate surface area is 105 Å². The van der Waals surface area contributed by atoms with Gasteiger partial charge < -0.3 is 14.2 Å². The van der Waals surface area contributed by atoms with Crippen molar-refractivity contribution in [2.45, 2.75) is 18.5 Å². The van der Waals surface area contributed by atoms with Crippen LogP contribution in [0, 0.1) is 0 Å². The van der Waals surface area contributed by atoms with Crippen molar-refractivity contribution in [3.63, 3.8) is 0 Å². The summed E-state index contributed by atoms with van der Waals surface area (Å²) < 4.78 is 30.4. The first-order valence-corrected chi connectivity index (χ1v) is 5.51. The Bertz CT molecular complexity index is 409. The lowest BCUT2D eigenvalue weighted by molar-refractivity contribution is -0.113. The molecule has 1 aromatic heterocycles. The van der Waals surface area contributed by atoms with E-state index in [2.05, 4.69) is 0 Å². The van der Waals surface area contributed by atoms with Crippen molar-refractivity contribution in [3.8, 4) is 0 Å². The highest BCUT2D eigenvalue weighted by atomic mass is 19.1. The molecular weight excluding hydrogens is 241 g/mol. The summed E-state index contributed by atoms with van der Waals surface area (Å²) in [6, 6.07) is 4.42. The number of halogens is 1. The molecule has 0 saturated heterocycles. The Balaban J connectivity index is 2.94. The molecule has 0 fully saturated rings. The maximum atomic E-state index is 14.3. The molecule has 5 nitrogen and oxygen atoms in total. The monoisotopic (exact) mass is 259 g/mol. The van der Waals surface area contributed by atoms with E-state index in [1.54, 1.807) is 12.1 Å². The van der Waals surface area contributed by atoms with Gasteiger partial charge in [0.15, 0.2) is 0 Å². The predicted octanol–water partition coefficient (Wildman–Crippen LogP) is 0.993. The van der Waals surface area contributed by atoms with Crippen molar-refractivity contribution in [2.24, 2.45) is 0 Å². The largest absolute Gasteiger partial charge is 0.382 e.